The van der Waals surface area contributed by atoms with Gasteiger partial charge in [0.05, 0.1) is 29.7 Å². The largest absolute Gasteiger partial charge is 0.399 e. The van der Waals surface area contributed by atoms with Crippen LogP contribution in [0.4, 0.5) is 5.69 Å². The minimum Gasteiger partial charge on any atom is -0.399 e. The number of fused-ring (bicyclic) bond motifs is 1. The van der Waals surface area contributed by atoms with Crippen LogP contribution >= 0.6 is 0 Å². The van der Waals surface area contributed by atoms with Gasteiger partial charge in [0.25, 0.3) is 0 Å². The van der Waals surface area contributed by atoms with Crippen molar-refractivity contribution in [1.82, 2.24) is 14.9 Å². The second kappa shape index (κ2) is 7.03. The molecule has 2 aromatic carbocycles. The first-order chi connectivity index (χ1) is 12.7. The summed E-state index contributed by atoms with van der Waals surface area (Å²) in [5, 5.41) is 9.00. The summed E-state index contributed by atoms with van der Waals surface area (Å²) in [6.07, 6.45) is 5.53. The van der Waals surface area contributed by atoms with Crippen LogP contribution in [0.2, 0.25) is 0 Å². The lowest BCUT2D eigenvalue weighted by molar-refractivity contribution is 0.175. The molecule has 2 heterocycles. The van der Waals surface area contributed by atoms with Crippen molar-refractivity contribution in [2.45, 2.75) is 25.4 Å². The smallest absolute Gasteiger partial charge is 0.0991 e. The molecular weight excluding hydrogens is 322 g/mol. The van der Waals surface area contributed by atoms with Crippen molar-refractivity contribution in [1.29, 1.82) is 5.26 Å². The highest BCUT2D eigenvalue weighted by molar-refractivity contribution is 5.45. The van der Waals surface area contributed by atoms with Crippen LogP contribution < -0.4 is 5.73 Å². The molecule has 0 bridgehead atoms. The lowest BCUT2D eigenvalue weighted by atomic mass is 9.95. The molecule has 3 N–H and O–H groups in total. The third-order valence-electron chi connectivity index (χ3n) is 5.10. The minimum absolute atomic E-state index is 0.208. The van der Waals surface area contributed by atoms with E-state index in [1.54, 1.807) is 6.33 Å². The van der Waals surface area contributed by atoms with Gasteiger partial charge in [-0.2, -0.15) is 5.26 Å². The van der Waals surface area contributed by atoms with E-state index in [-0.39, 0.29) is 6.04 Å². The van der Waals surface area contributed by atoms with Crippen LogP contribution in [0, 0.1) is 11.3 Å². The molecule has 1 unspecified atom stereocenters. The molecule has 4 rings (SSSR count). The molecule has 1 aliphatic heterocycles. The van der Waals surface area contributed by atoms with E-state index in [9.17, 15) is 0 Å². The number of nitrogen functional groups attached to an aromatic ring is 1. The molecule has 5 heteroatoms. The van der Waals surface area contributed by atoms with E-state index in [0.717, 1.165) is 37.3 Å². The van der Waals surface area contributed by atoms with Crippen molar-refractivity contribution in [2.75, 3.05) is 12.3 Å². The van der Waals surface area contributed by atoms with E-state index >= 15 is 0 Å². The molecule has 0 radical (unpaired) electrons. The standard InChI is InChI=1S/C21H21N5/c22-11-16-3-1-15(2-4-16)9-21(20-12-24-14-25-20)26-8-7-17-5-6-19(23)10-18(17)13-26/h1-6,10,12,14,21H,7-9,13,23H2,(H,24,25). The molecule has 0 saturated heterocycles. The van der Waals surface area contributed by atoms with E-state index in [1.165, 1.54) is 16.7 Å². The van der Waals surface area contributed by atoms with Crippen LogP contribution in [0.25, 0.3) is 0 Å². The fourth-order valence-corrected chi connectivity index (χ4v) is 3.69. The predicted octanol–water partition coefficient (Wildman–Crippen LogP) is 3.21. The number of nitrogens with one attached hydrogen (secondary N) is 1. The molecule has 0 saturated carbocycles. The second-order valence-electron chi connectivity index (χ2n) is 6.78. The van der Waals surface area contributed by atoms with E-state index in [4.69, 9.17) is 11.0 Å². The van der Waals surface area contributed by atoms with Crippen LogP contribution in [0.5, 0.6) is 0 Å². The number of nitrogens with two attached hydrogens (primary N) is 1. The van der Waals surface area contributed by atoms with Crippen molar-refractivity contribution < 1.29 is 0 Å². The first kappa shape index (κ1) is 16.4. The molecule has 5 nitrogen and oxygen atoms in total. The van der Waals surface area contributed by atoms with Crippen molar-refractivity contribution in [3.8, 4) is 6.07 Å². The minimum atomic E-state index is 0.208. The maximum Gasteiger partial charge on any atom is 0.0991 e. The van der Waals surface area contributed by atoms with Gasteiger partial charge in [-0.05, 0) is 53.8 Å². The number of aromatic nitrogens is 2. The molecule has 1 aliphatic rings. The highest BCUT2D eigenvalue weighted by atomic mass is 15.2. The van der Waals surface area contributed by atoms with Crippen LogP contribution in [0.15, 0.2) is 55.0 Å². The van der Waals surface area contributed by atoms with Crippen molar-refractivity contribution in [3.05, 3.63) is 82.9 Å². The Bertz CT molecular complexity index is 922. The third kappa shape index (κ3) is 3.32. The zero-order valence-corrected chi connectivity index (χ0v) is 14.5. The van der Waals surface area contributed by atoms with E-state index < -0.39 is 0 Å². The fourth-order valence-electron chi connectivity index (χ4n) is 3.69. The van der Waals surface area contributed by atoms with Crippen molar-refractivity contribution in [2.24, 2.45) is 0 Å². The van der Waals surface area contributed by atoms with Crippen LogP contribution in [-0.4, -0.2) is 21.4 Å². The highest BCUT2D eigenvalue weighted by Crippen LogP contribution is 2.30. The summed E-state index contributed by atoms with van der Waals surface area (Å²) in [5.41, 5.74) is 12.5. The summed E-state index contributed by atoms with van der Waals surface area (Å²) >= 11 is 0. The van der Waals surface area contributed by atoms with Gasteiger partial charge in [-0.15, -0.1) is 0 Å². The fraction of sp³-hybridized carbons (Fsp3) is 0.238. The number of nitrogens with zero attached hydrogens (tertiary/aromatic N) is 3. The first-order valence-corrected chi connectivity index (χ1v) is 8.81. The van der Waals surface area contributed by atoms with Gasteiger partial charge < -0.3 is 10.7 Å². The maximum absolute atomic E-state index is 9.00. The van der Waals surface area contributed by atoms with Gasteiger partial charge in [0.1, 0.15) is 0 Å². The van der Waals surface area contributed by atoms with Gasteiger partial charge in [0.2, 0.25) is 0 Å². The van der Waals surface area contributed by atoms with Gasteiger partial charge in [-0.1, -0.05) is 18.2 Å². The number of imidazole rings is 1. The zero-order valence-electron chi connectivity index (χ0n) is 14.5. The number of benzene rings is 2. The molecule has 0 aliphatic carbocycles. The SMILES string of the molecule is N#Cc1ccc(CC(c2cnc[nH]2)N2CCc3ccc(N)cc3C2)cc1. The average Bonchev–Trinajstić information content (AvgIpc) is 3.20. The summed E-state index contributed by atoms with van der Waals surface area (Å²) in [5.74, 6) is 0. The Labute approximate surface area is 153 Å². The molecule has 0 amide bonds. The first-order valence-electron chi connectivity index (χ1n) is 8.81. The molecule has 26 heavy (non-hydrogen) atoms. The van der Waals surface area contributed by atoms with E-state index in [1.807, 2.05) is 36.5 Å². The van der Waals surface area contributed by atoms with Crippen LogP contribution in [0.3, 0.4) is 0 Å². The van der Waals surface area contributed by atoms with Crippen molar-refractivity contribution >= 4 is 5.69 Å². The molecule has 1 aromatic heterocycles. The zero-order chi connectivity index (χ0) is 17.9. The summed E-state index contributed by atoms with van der Waals surface area (Å²) < 4.78 is 0. The Morgan fingerprint density at radius 3 is 2.77 bits per heavy atom. The van der Waals surface area contributed by atoms with Gasteiger partial charge in [0, 0.05) is 25.0 Å². The van der Waals surface area contributed by atoms with E-state index in [2.05, 4.69) is 33.1 Å². The number of rotatable bonds is 4. The summed E-state index contributed by atoms with van der Waals surface area (Å²) in [7, 11) is 0. The number of aromatic amines is 1. The summed E-state index contributed by atoms with van der Waals surface area (Å²) in [6, 6.07) is 16.4. The van der Waals surface area contributed by atoms with Gasteiger partial charge in [-0.3, -0.25) is 4.90 Å². The number of anilines is 1. The lowest BCUT2D eigenvalue weighted by Gasteiger charge is -2.35. The van der Waals surface area contributed by atoms with E-state index in [0.29, 0.717) is 5.56 Å². The number of H-pyrrole nitrogens is 1. The second-order valence-corrected chi connectivity index (χ2v) is 6.78. The number of nitriles is 1. The summed E-state index contributed by atoms with van der Waals surface area (Å²) in [4.78, 5) is 9.98. The molecular formula is C21H21N5. The third-order valence-corrected chi connectivity index (χ3v) is 5.10. The number of hydrogen-bond donors (Lipinski definition) is 2. The van der Waals surface area contributed by atoms with Gasteiger partial charge >= 0.3 is 0 Å². The molecule has 0 fully saturated rings. The summed E-state index contributed by atoms with van der Waals surface area (Å²) in [6.45, 7) is 1.87. The Balaban J connectivity index is 1.61. The molecule has 1 atom stereocenters. The Morgan fingerprint density at radius 2 is 2.04 bits per heavy atom. The Morgan fingerprint density at radius 1 is 1.19 bits per heavy atom. The monoisotopic (exact) mass is 343 g/mol. The highest BCUT2D eigenvalue weighted by Gasteiger charge is 2.26. The Hall–Kier alpha value is -3.10. The van der Waals surface area contributed by atoms with Crippen LogP contribution in [-0.2, 0) is 19.4 Å². The van der Waals surface area contributed by atoms with Gasteiger partial charge in [0.15, 0.2) is 0 Å². The Kier molecular flexibility index (Phi) is 4.42. The predicted molar refractivity (Wildman–Crippen MR) is 101 cm³/mol. The average molecular weight is 343 g/mol. The molecule has 3 aromatic rings. The maximum atomic E-state index is 9.00. The molecule has 130 valence electrons. The lowest BCUT2D eigenvalue weighted by Crippen LogP contribution is -2.35. The van der Waals surface area contributed by atoms with Crippen molar-refractivity contribution in [3.63, 3.8) is 0 Å². The van der Waals surface area contributed by atoms with Gasteiger partial charge in [-0.25, -0.2) is 4.98 Å². The van der Waals surface area contributed by atoms with Crippen LogP contribution in [0.1, 0.15) is 34.0 Å². The number of hydrogen-bond acceptors (Lipinski definition) is 4. The molecule has 0 spiro atoms. The quantitative estimate of drug-likeness (QED) is 0.713. The normalized spacial score (nSPS) is 15.2. The topological polar surface area (TPSA) is 81.7 Å².